The summed E-state index contributed by atoms with van der Waals surface area (Å²) in [7, 11) is 1.85. The highest BCUT2D eigenvalue weighted by Crippen LogP contribution is 2.27. The van der Waals surface area contributed by atoms with E-state index in [0.717, 1.165) is 0 Å². The summed E-state index contributed by atoms with van der Waals surface area (Å²) in [5.41, 5.74) is 1.56. The first-order valence-electron chi connectivity index (χ1n) is 5.28. The van der Waals surface area contributed by atoms with Gasteiger partial charge in [-0.2, -0.15) is 0 Å². The molecule has 0 bridgehead atoms. The molecule has 0 fully saturated rings. The van der Waals surface area contributed by atoms with Gasteiger partial charge in [-0.15, -0.1) is 0 Å². The van der Waals surface area contributed by atoms with Crippen molar-refractivity contribution >= 4 is 17.5 Å². The lowest BCUT2D eigenvalue weighted by Crippen LogP contribution is -2.28. The zero-order valence-electron chi connectivity index (χ0n) is 9.25. The number of imide groups is 1. The third kappa shape index (κ3) is 1.30. The maximum Gasteiger partial charge on any atom is 0.266 e. The number of aromatic nitrogens is 1. The van der Waals surface area contributed by atoms with Crippen molar-refractivity contribution in [2.75, 3.05) is 4.90 Å². The van der Waals surface area contributed by atoms with E-state index in [2.05, 4.69) is 0 Å². The fraction of sp³-hybridized carbons (Fsp3) is 0.0769. The van der Waals surface area contributed by atoms with Gasteiger partial charge in [0.05, 0.1) is 16.8 Å². The maximum absolute atomic E-state index is 12.1. The Morgan fingerprint density at radius 1 is 0.941 bits per heavy atom. The fourth-order valence-corrected chi connectivity index (χ4v) is 2.04. The Labute approximate surface area is 98.1 Å². The van der Waals surface area contributed by atoms with Crippen LogP contribution >= 0.6 is 0 Å². The molecule has 4 heteroatoms. The molecule has 1 aliphatic heterocycles. The van der Waals surface area contributed by atoms with Crippen molar-refractivity contribution in [3.05, 3.63) is 53.9 Å². The first-order chi connectivity index (χ1) is 8.18. The average molecular weight is 226 g/mol. The van der Waals surface area contributed by atoms with Gasteiger partial charge in [0.1, 0.15) is 0 Å². The van der Waals surface area contributed by atoms with Crippen molar-refractivity contribution in [2.45, 2.75) is 0 Å². The highest BCUT2D eigenvalue weighted by Gasteiger charge is 2.36. The smallest absolute Gasteiger partial charge is 0.266 e. The Bertz CT molecular complexity index is 593. The molecule has 0 saturated carbocycles. The largest absolute Gasteiger partial charge is 0.355 e. The summed E-state index contributed by atoms with van der Waals surface area (Å²) >= 11 is 0. The lowest BCUT2D eigenvalue weighted by atomic mass is 10.1. The maximum atomic E-state index is 12.1. The molecule has 0 radical (unpaired) electrons. The van der Waals surface area contributed by atoms with Crippen LogP contribution in [0.2, 0.25) is 0 Å². The molecule has 0 aliphatic carbocycles. The minimum Gasteiger partial charge on any atom is -0.355 e. The normalized spacial score (nSPS) is 14.3. The number of carbonyl (C=O) groups is 2. The number of anilines is 1. The van der Waals surface area contributed by atoms with Crippen LogP contribution in [0.1, 0.15) is 20.7 Å². The van der Waals surface area contributed by atoms with Crippen LogP contribution in [0.3, 0.4) is 0 Å². The summed E-state index contributed by atoms with van der Waals surface area (Å²) in [5, 5.41) is 0. The molecule has 1 aromatic heterocycles. The predicted molar refractivity (Wildman–Crippen MR) is 63.0 cm³/mol. The summed E-state index contributed by atoms with van der Waals surface area (Å²) in [6.07, 6.45) is 3.56. The molecular weight excluding hydrogens is 216 g/mol. The number of aryl methyl sites for hydroxylation is 1. The van der Waals surface area contributed by atoms with Crippen LogP contribution < -0.4 is 4.90 Å². The third-order valence-corrected chi connectivity index (χ3v) is 2.87. The third-order valence-electron chi connectivity index (χ3n) is 2.87. The molecule has 0 spiro atoms. The molecule has 0 atom stereocenters. The van der Waals surface area contributed by atoms with E-state index in [0.29, 0.717) is 16.8 Å². The molecule has 2 aromatic rings. The van der Waals surface area contributed by atoms with Crippen molar-refractivity contribution in [3.8, 4) is 0 Å². The van der Waals surface area contributed by atoms with Crippen molar-refractivity contribution in [1.29, 1.82) is 0 Å². The molecular formula is C13H10N2O2. The van der Waals surface area contributed by atoms with Crippen LogP contribution in [0.15, 0.2) is 42.7 Å². The Hall–Kier alpha value is -2.36. The van der Waals surface area contributed by atoms with Crippen molar-refractivity contribution in [1.82, 2.24) is 4.57 Å². The second kappa shape index (κ2) is 3.31. The van der Waals surface area contributed by atoms with E-state index < -0.39 is 0 Å². The van der Waals surface area contributed by atoms with Crippen LogP contribution in [0, 0.1) is 0 Å². The van der Waals surface area contributed by atoms with Gasteiger partial charge in [-0.05, 0) is 18.2 Å². The van der Waals surface area contributed by atoms with Crippen molar-refractivity contribution in [2.24, 2.45) is 7.05 Å². The number of fused-ring (bicyclic) bond motifs is 1. The van der Waals surface area contributed by atoms with Gasteiger partial charge in [0.25, 0.3) is 11.8 Å². The van der Waals surface area contributed by atoms with E-state index in [1.54, 1.807) is 47.3 Å². The summed E-state index contributed by atoms with van der Waals surface area (Å²) in [6.45, 7) is 0. The SMILES string of the molecule is Cn1ccc(N2C(=O)c3ccccc3C2=O)c1. The van der Waals surface area contributed by atoms with Gasteiger partial charge in [-0.3, -0.25) is 9.59 Å². The predicted octanol–water partition coefficient (Wildman–Crippen LogP) is 1.83. The van der Waals surface area contributed by atoms with E-state index in [4.69, 9.17) is 0 Å². The highest BCUT2D eigenvalue weighted by molar-refractivity contribution is 6.34. The Morgan fingerprint density at radius 2 is 1.53 bits per heavy atom. The van der Waals surface area contributed by atoms with Crippen molar-refractivity contribution < 1.29 is 9.59 Å². The Kier molecular flexibility index (Phi) is 1.92. The first-order valence-corrected chi connectivity index (χ1v) is 5.28. The van der Waals surface area contributed by atoms with Gasteiger partial charge in [0.15, 0.2) is 0 Å². The number of carbonyl (C=O) groups excluding carboxylic acids is 2. The zero-order chi connectivity index (χ0) is 12.0. The topological polar surface area (TPSA) is 42.3 Å². The van der Waals surface area contributed by atoms with Crippen LogP contribution in [0.5, 0.6) is 0 Å². The van der Waals surface area contributed by atoms with E-state index in [9.17, 15) is 9.59 Å². The fourth-order valence-electron chi connectivity index (χ4n) is 2.04. The summed E-state index contributed by atoms with van der Waals surface area (Å²) < 4.78 is 1.80. The quantitative estimate of drug-likeness (QED) is 0.696. The lowest BCUT2D eigenvalue weighted by Gasteiger charge is -2.10. The van der Waals surface area contributed by atoms with Crippen molar-refractivity contribution in [3.63, 3.8) is 0 Å². The molecule has 0 N–H and O–H groups in total. The first kappa shape index (κ1) is 9.84. The van der Waals surface area contributed by atoms with Gasteiger partial charge in [-0.25, -0.2) is 4.90 Å². The summed E-state index contributed by atoms with van der Waals surface area (Å²) in [4.78, 5) is 25.4. The lowest BCUT2D eigenvalue weighted by molar-refractivity contribution is 0.0926. The highest BCUT2D eigenvalue weighted by atomic mass is 16.2. The molecule has 17 heavy (non-hydrogen) atoms. The van der Waals surface area contributed by atoms with Gasteiger partial charge >= 0.3 is 0 Å². The molecule has 4 nitrogen and oxygen atoms in total. The molecule has 2 heterocycles. The zero-order valence-corrected chi connectivity index (χ0v) is 9.25. The number of rotatable bonds is 1. The molecule has 3 rings (SSSR count). The monoisotopic (exact) mass is 226 g/mol. The second-order valence-electron chi connectivity index (χ2n) is 4.03. The average Bonchev–Trinajstić information content (AvgIpc) is 2.84. The number of benzene rings is 1. The Morgan fingerprint density at radius 3 is 2.00 bits per heavy atom. The molecule has 2 amide bonds. The number of hydrogen-bond acceptors (Lipinski definition) is 2. The van der Waals surface area contributed by atoms with Crippen LogP contribution in [-0.4, -0.2) is 16.4 Å². The standard InChI is InChI=1S/C13H10N2O2/c1-14-7-6-9(8-14)15-12(16)10-4-2-3-5-11(10)13(15)17/h2-8H,1H3. The number of nitrogens with zero attached hydrogens (tertiary/aromatic N) is 2. The van der Waals surface area contributed by atoms with Crippen LogP contribution in [-0.2, 0) is 7.05 Å². The van der Waals surface area contributed by atoms with Gasteiger partial charge < -0.3 is 4.57 Å². The molecule has 0 unspecified atom stereocenters. The van der Waals surface area contributed by atoms with Crippen LogP contribution in [0.25, 0.3) is 0 Å². The van der Waals surface area contributed by atoms with E-state index in [1.807, 2.05) is 7.05 Å². The minimum absolute atomic E-state index is 0.253. The number of amides is 2. The second-order valence-corrected chi connectivity index (χ2v) is 4.03. The molecule has 0 saturated heterocycles. The van der Waals surface area contributed by atoms with E-state index in [-0.39, 0.29) is 11.8 Å². The molecule has 84 valence electrons. The van der Waals surface area contributed by atoms with Gasteiger partial charge in [0.2, 0.25) is 0 Å². The molecule has 1 aliphatic rings. The summed E-state index contributed by atoms with van der Waals surface area (Å²) in [5.74, 6) is -0.506. The van der Waals surface area contributed by atoms with E-state index in [1.165, 1.54) is 4.90 Å². The Balaban J connectivity index is 2.12. The minimum atomic E-state index is -0.253. The number of hydrogen-bond donors (Lipinski definition) is 0. The van der Waals surface area contributed by atoms with Gasteiger partial charge in [-0.1, -0.05) is 12.1 Å². The van der Waals surface area contributed by atoms with E-state index >= 15 is 0 Å². The molecule has 1 aromatic carbocycles. The van der Waals surface area contributed by atoms with Crippen LogP contribution in [0.4, 0.5) is 5.69 Å². The van der Waals surface area contributed by atoms with Gasteiger partial charge in [0, 0.05) is 19.4 Å². The summed E-state index contributed by atoms with van der Waals surface area (Å²) in [6, 6.07) is 8.63.